The summed E-state index contributed by atoms with van der Waals surface area (Å²) in [6.07, 6.45) is 28.0. The summed E-state index contributed by atoms with van der Waals surface area (Å²) in [4.78, 5) is 0. The van der Waals surface area contributed by atoms with Gasteiger partial charge in [-0.15, -0.1) is 0 Å². The standard InChI is InChI=1S/2C8H12.Pt/c2*1-2-4-6-8-7-5-3-1;/h2*1-2,7-8H,3-6H2;/b2*2-1-,8-7?;. The maximum absolute atomic E-state index is 2.27. The van der Waals surface area contributed by atoms with Crippen molar-refractivity contribution in [2.45, 2.75) is 51.4 Å². The molecule has 0 spiro atoms. The van der Waals surface area contributed by atoms with Gasteiger partial charge in [0.15, 0.2) is 0 Å². The van der Waals surface area contributed by atoms with Gasteiger partial charge in [0.25, 0.3) is 0 Å². The van der Waals surface area contributed by atoms with Gasteiger partial charge in [-0.1, -0.05) is 48.6 Å². The van der Waals surface area contributed by atoms with Crippen molar-refractivity contribution in [3.05, 3.63) is 48.6 Å². The van der Waals surface area contributed by atoms with Gasteiger partial charge in [0, 0.05) is 21.1 Å². The van der Waals surface area contributed by atoms with Gasteiger partial charge in [0.1, 0.15) is 0 Å². The normalized spacial score (nSPS) is 22.6. The molecule has 0 radical (unpaired) electrons. The van der Waals surface area contributed by atoms with Gasteiger partial charge in [0.05, 0.1) is 0 Å². The average Bonchev–Trinajstić information content (AvgIpc) is 2.15. The van der Waals surface area contributed by atoms with Crippen molar-refractivity contribution in [2.75, 3.05) is 0 Å². The smallest absolute Gasteiger partial charge is 0 e. The number of hydrogen-bond donors (Lipinski definition) is 0. The molecule has 0 aromatic carbocycles. The molecule has 0 aromatic rings. The number of allylic oxidation sites excluding steroid dienone is 8. The first-order chi connectivity index (χ1) is 8.00. The average molecular weight is 411 g/mol. The molecule has 0 N–H and O–H groups in total. The zero-order valence-corrected chi connectivity index (χ0v) is 12.9. The minimum atomic E-state index is 0. The molecule has 0 amide bonds. The summed E-state index contributed by atoms with van der Waals surface area (Å²) in [5.41, 5.74) is 0. The summed E-state index contributed by atoms with van der Waals surface area (Å²) >= 11 is 0. The van der Waals surface area contributed by atoms with Crippen LogP contribution in [0.4, 0.5) is 0 Å². The predicted octanol–water partition coefficient (Wildman–Crippen LogP) is 5.34. The number of hydrogen-bond acceptors (Lipinski definition) is 0. The van der Waals surface area contributed by atoms with Gasteiger partial charge in [-0.05, 0) is 51.4 Å². The zero-order chi connectivity index (χ0) is 11.3. The first-order valence-corrected chi connectivity index (χ1v) is 6.60. The Balaban J connectivity index is 0.000000284. The number of rotatable bonds is 0. The van der Waals surface area contributed by atoms with E-state index in [4.69, 9.17) is 0 Å². The van der Waals surface area contributed by atoms with Crippen molar-refractivity contribution in [1.29, 1.82) is 0 Å². The van der Waals surface area contributed by atoms with Crippen LogP contribution in [0.25, 0.3) is 0 Å². The van der Waals surface area contributed by atoms with E-state index in [-0.39, 0.29) is 21.1 Å². The molecule has 0 aliphatic heterocycles. The SMILES string of the molecule is C1=CCC/C=C\CC1.C1=CCC/C=C\CC1.[Pt]. The summed E-state index contributed by atoms with van der Waals surface area (Å²) in [5.74, 6) is 0. The van der Waals surface area contributed by atoms with Crippen molar-refractivity contribution >= 4 is 0 Å². The van der Waals surface area contributed by atoms with Crippen LogP contribution in [0.2, 0.25) is 0 Å². The Morgan fingerprint density at radius 3 is 0.529 bits per heavy atom. The third-order valence-corrected chi connectivity index (χ3v) is 2.67. The molecule has 0 atom stereocenters. The van der Waals surface area contributed by atoms with E-state index < -0.39 is 0 Å². The van der Waals surface area contributed by atoms with Crippen molar-refractivity contribution in [3.8, 4) is 0 Å². The molecule has 0 heterocycles. The van der Waals surface area contributed by atoms with E-state index in [1.54, 1.807) is 0 Å². The Bertz CT molecular complexity index is 179. The second kappa shape index (κ2) is 13.7. The van der Waals surface area contributed by atoms with Crippen molar-refractivity contribution in [3.63, 3.8) is 0 Å². The zero-order valence-electron chi connectivity index (χ0n) is 10.6. The van der Waals surface area contributed by atoms with E-state index in [0.717, 1.165) is 0 Å². The fourth-order valence-electron chi connectivity index (χ4n) is 1.71. The Morgan fingerprint density at radius 1 is 0.294 bits per heavy atom. The molecule has 98 valence electrons. The van der Waals surface area contributed by atoms with Crippen LogP contribution < -0.4 is 0 Å². The Hall–Kier alpha value is -0.352. The molecule has 0 fully saturated rings. The van der Waals surface area contributed by atoms with Crippen LogP contribution in [0.5, 0.6) is 0 Å². The van der Waals surface area contributed by atoms with E-state index in [9.17, 15) is 0 Å². The molecule has 2 aliphatic rings. The first kappa shape index (κ1) is 16.6. The molecule has 2 rings (SSSR count). The fourth-order valence-corrected chi connectivity index (χ4v) is 1.71. The maximum Gasteiger partial charge on any atom is 0 e. The Kier molecular flexibility index (Phi) is 13.4. The molecule has 0 saturated carbocycles. The third-order valence-electron chi connectivity index (χ3n) is 2.67. The first-order valence-electron chi connectivity index (χ1n) is 6.60. The summed E-state index contributed by atoms with van der Waals surface area (Å²) in [6, 6.07) is 0. The maximum atomic E-state index is 2.27. The monoisotopic (exact) mass is 411 g/mol. The van der Waals surface area contributed by atoms with Gasteiger partial charge < -0.3 is 0 Å². The molecule has 0 bridgehead atoms. The van der Waals surface area contributed by atoms with Crippen LogP contribution in [0, 0.1) is 0 Å². The molecule has 0 saturated heterocycles. The van der Waals surface area contributed by atoms with E-state index in [2.05, 4.69) is 48.6 Å². The minimum absolute atomic E-state index is 0. The van der Waals surface area contributed by atoms with Crippen molar-refractivity contribution < 1.29 is 21.1 Å². The molecule has 17 heavy (non-hydrogen) atoms. The van der Waals surface area contributed by atoms with E-state index in [1.807, 2.05) is 0 Å². The fraction of sp³-hybridized carbons (Fsp3) is 0.500. The van der Waals surface area contributed by atoms with Crippen LogP contribution in [0.1, 0.15) is 51.4 Å². The molecular formula is C16H24Pt. The van der Waals surface area contributed by atoms with Crippen molar-refractivity contribution in [1.82, 2.24) is 0 Å². The third kappa shape index (κ3) is 11.9. The van der Waals surface area contributed by atoms with Crippen LogP contribution in [-0.2, 0) is 21.1 Å². The van der Waals surface area contributed by atoms with Crippen molar-refractivity contribution in [2.24, 2.45) is 0 Å². The summed E-state index contributed by atoms with van der Waals surface area (Å²) < 4.78 is 0. The van der Waals surface area contributed by atoms with Gasteiger partial charge >= 0.3 is 0 Å². The molecule has 0 aromatic heterocycles. The topological polar surface area (TPSA) is 0 Å². The predicted molar refractivity (Wildman–Crippen MR) is 73.5 cm³/mol. The van der Waals surface area contributed by atoms with Crippen LogP contribution in [0.3, 0.4) is 0 Å². The summed E-state index contributed by atoms with van der Waals surface area (Å²) in [5, 5.41) is 0. The minimum Gasteiger partial charge on any atom is -0.0882 e. The molecule has 0 unspecified atom stereocenters. The second-order valence-electron chi connectivity index (χ2n) is 4.20. The van der Waals surface area contributed by atoms with Gasteiger partial charge in [-0.25, -0.2) is 0 Å². The van der Waals surface area contributed by atoms with Crippen LogP contribution >= 0.6 is 0 Å². The van der Waals surface area contributed by atoms with E-state index in [0.29, 0.717) is 0 Å². The summed E-state index contributed by atoms with van der Waals surface area (Å²) in [6.45, 7) is 0. The van der Waals surface area contributed by atoms with E-state index in [1.165, 1.54) is 51.4 Å². The van der Waals surface area contributed by atoms with Crippen LogP contribution in [0.15, 0.2) is 48.6 Å². The van der Waals surface area contributed by atoms with Crippen LogP contribution in [-0.4, -0.2) is 0 Å². The molecule has 0 nitrogen and oxygen atoms in total. The summed E-state index contributed by atoms with van der Waals surface area (Å²) in [7, 11) is 0. The quantitative estimate of drug-likeness (QED) is 0.472. The van der Waals surface area contributed by atoms with Gasteiger partial charge in [-0.3, -0.25) is 0 Å². The molecular weight excluding hydrogens is 387 g/mol. The van der Waals surface area contributed by atoms with Gasteiger partial charge in [-0.2, -0.15) is 0 Å². The van der Waals surface area contributed by atoms with Gasteiger partial charge in [0.2, 0.25) is 0 Å². The largest absolute Gasteiger partial charge is 0.0882 e. The Labute approximate surface area is 121 Å². The molecule has 2 aliphatic carbocycles. The van der Waals surface area contributed by atoms with E-state index >= 15 is 0 Å². The Morgan fingerprint density at radius 2 is 0.412 bits per heavy atom. The molecule has 1 heteroatoms. The second-order valence-corrected chi connectivity index (χ2v) is 4.20.